The van der Waals surface area contributed by atoms with Gasteiger partial charge in [-0.1, -0.05) is 13.8 Å². The maximum atomic E-state index is 13.3. The van der Waals surface area contributed by atoms with Gasteiger partial charge in [0.1, 0.15) is 5.82 Å². The standard InChI is InChI=1S/C15H20F4N2/c1-10(2)20-11-4-3-7-21(9-11)12-5-6-14(16)13(8-12)15(17,18)19/h5-6,8,10-11,20H,3-4,7,9H2,1-2H3. The van der Waals surface area contributed by atoms with Crippen LogP contribution in [0.4, 0.5) is 23.2 Å². The van der Waals surface area contributed by atoms with Gasteiger partial charge in [-0.15, -0.1) is 0 Å². The smallest absolute Gasteiger partial charge is 0.370 e. The Morgan fingerprint density at radius 3 is 2.62 bits per heavy atom. The highest BCUT2D eigenvalue weighted by molar-refractivity contribution is 5.50. The van der Waals surface area contributed by atoms with Crippen molar-refractivity contribution in [2.45, 2.75) is 44.9 Å². The van der Waals surface area contributed by atoms with Crippen molar-refractivity contribution in [3.63, 3.8) is 0 Å². The third-order valence-corrected chi connectivity index (χ3v) is 3.61. The van der Waals surface area contributed by atoms with E-state index < -0.39 is 17.6 Å². The van der Waals surface area contributed by atoms with Gasteiger partial charge in [-0.25, -0.2) is 4.39 Å². The molecule has 1 aromatic rings. The average Bonchev–Trinajstić information content (AvgIpc) is 2.37. The highest BCUT2D eigenvalue weighted by atomic mass is 19.4. The van der Waals surface area contributed by atoms with Crippen molar-refractivity contribution in [3.05, 3.63) is 29.6 Å². The number of nitrogens with one attached hydrogen (secondary N) is 1. The highest BCUT2D eigenvalue weighted by Crippen LogP contribution is 2.34. The van der Waals surface area contributed by atoms with Crippen LogP contribution in [0.2, 0.25) is 0 Å². The Bertz CT molecular complexity index is 485. The number of benzene rings is 1. The predicted molar refractivity (Wildman–Crippen MR) is 74.9 cm³/mol. The fourth-order valence-electron chi connectivity index (χ4n) is 2.75. The molecule has 1 heterocycles. The van der Waals surface area contributed by atoms with Gasteiger partial charge in [0.05, 0.1) is 5.56 Å². The molecular weight excluding hydrogens is 284 g/mol. The minimum atomic E-state index is -4.66. The Labute approximate surface area is 122 Å². The minimum Gasteiger partial charge on any atom is -0.370 e. The molecule has 1 unspecified atom stereocenters. The fourth-order valence-corrected chi connectivity index (χ4v) is 2.75. The summed E-state index contributed by atoms with van der Waals surface area (Å²) in [6.45, 7) is 5.41. The zero-order valence-electron chi connectivity index (χ0n) is 12.2. The molecule has 1 saturated heterocycles. The van der Waals surface area contributed by atoms with Gasteiger partial charge in [0, 0.05) is 30.9 Å². The molecule has 1 aromatic carbocycles. The van der Waals surface area contributed by atoms with E-state index in [2.05, 4.69) is 5.32 Å². The summed E-state index contributed by atoms with van der Waals surface area (Å²) < 4.78 is 51.7. The lowest BCUT2D eigenvalue weighted by Gasteiger charge is -2.36. The molecule has 0 saturated carbocycles. The van der Waals surface area contributed by atoms with Gasteiger partial charge in [0.25, 0.3) is 0 Å². The molecule has 118 valence electrons. The lowest BCUT2D eigenvalue weighted by atomic mass is 10.0. The van der Waals surface area contributed by atoms with Crippen LogP contribution >= 0.6 is 0 Å². The Morgan fingerprint density at radius 1 is 1.29 bits per heavy atom. The first-order valence-corrected chi connectivity index (χ1v) is 7.15. The van der Waals surface area contributed by atoms with Gasteiger partial charge in [-0.05, 0) is 31.0 Å². The molecule has 1 aliphatic rings. The number of nitrogens with zero attached hydrogens (tertiary/aromatic N) is 1. The molecule has 1 atom stereocenters. The first-order chi connectivity index (χ1) is 9.77. The van der Waals surface area contributed by atoms with Gasteiger partial charge >= 0.3 is 6.18 Å². The van der Waals surface area contributed by atoms with Crippen molar-refractivity contribution in [2.24, 2.45) is 0 Å². The average molecular weight is 304 g/mol. The van der Waals surface area contributed by atoms with Crippen LogP contribution in [-0.2, 0) is 6.18 Å². The quantitative estimate of drug-likeness (QED) is 0.854. The Hall–Kier alpha value is -1.30. The van der Waals surface area contributed by atoms with Crippen molar-refractivity contribution in [3.8, 4) is 0 Å². The van der Waals surface area contributed by atoms with Crippen LogP contribution in [0, 0.1) is 5.82 Å². The second-order valence-electron chi connectivity index (χ2n) is 5.77. The molecule has 1 fully saturated rings. The van der Waals surface area contributed by atoms with Crippen LogP contribution < -0.4 is 10.2 Å². The molecule has 1 aliphatic heterocycles. The number of anilines is 1. The first kappa shape index (κ1) is 16.1. The normalized spacial score (nSPS) is 20.1. The highest BCUT2D eigenvalue weighted by Gasteiger charge is 2.35. The number of halogens is 4. The number of hydrogen-bond donors (Lipinski definition) is 1. The van der Waals surface area contributed by atoms with E-state index in [1.54, 1.807) is 0 Å². The lowest BCUT2D eigenvalue weighted by Crippen LogP contribution is -2.48. The predicted octanol–water partition coefficient (Wildman–Crippen LogP) is 3.81. The number of hydrogen-bond acceptors (Lipinski definition) is 2. The summed E-state index contributed by atoms with van der Waals surface area (Å²) in [5.41, 5.74) is -0.766. The molecule has 0 radical (unpaired) electrons. The Balaban J connectivity index is 2.18. The van der Waals surface area contributed by atoms with Crippen LogP contribution in [0.1, 0.15) is 32.3 Å². The lowest BCUT2D eigenvalue weighted by molar-refractivity contribution is -0.139. The molecule has 0 aromatic heterocycles. The monoisotopic (exact) mass is 304 g/mol. The number of alkyl halides is 3. The SMILES string of the molecule is CC(C)NC1CCCN(c2ccc(F)c(C(F)(F)F)c2)C1. The minimum absolute atomic E-state index is 0.248. The van der Waals surface area contributed by atoms with Crippen molar-refractivity contribution in [2.75, 3.05) is 18.0 Å². The molecular formula is C15H20F4N2. The Kier molecular flexibility index (Phi) is 4.76. The summed E-state index contributed by atoms with van der Waals surface area (Å²) in [6, 6.07) is 3.81. The summed E-state index contributed by atoms with van der Waals surface area (Å²) >= 11 is 0. The third-order valence-electron chi connectivity index (χ3n) is 3.61. The molecule has 0 spiro atoms. The van der Waals surface area contributed by atoms with E-state index in [9.17, 15) is 17.6 Å². The van der Waals surface area contributed by atoms with Crippen molar-refractivity contribution in [1.29, 1.82) is 0 Å². The number of rotatable bonds is 3. The zero-order valence-corrected chi connectivity index (χ0v) is 12.2. The maximum absolute atomic E-state index is 13.3. The van der Waals surface area contributed by atoms with Gasteiger partial charge in [-0.3, -0.25) is 0 Å². The number of piperidine rings is 1. The van der Waals surface area contributed by atoms with Crippen LogP contribution in [0.15, 0.2) is 18.2 Å². The summed E-state index contributed by atoms with van der Waals surface area (Å²) in [5.74, 6) is -1.22. The van der Waals surface area contributed by atoms with E-state index in [-0.39, 0.29) is 6.04 Å². The molecule has 21 heavy (non-hydrogen) atoms. The summed E-state index contributed by atoms with van der Waals surface area (Å²) in [4.78, 5) is 1.89. The summed E-state index contributed by atoms with van der Waals surface area (Å²) in [6.07, 6.45) is -2.75. The van der Waals surface area contributed by atoms with E-state index in [4.69, 9.17) is 0 Å². The largest absolute Gasteiger partial charge is 0.419 e. The molecule has 0 amide bonds. The molecule has 6 heteroatoms. The maximum Gasteiger partial charge on any atom is 0.419 e. The molecule has 0 aliphatic carbocycles. The molecule has 1 N–H and O–H groups in total. The van der Waals surface area contributed by atoms with Crippen molar-refractivity contribution in [1.82, 2.24) is 5.32 Å². The topological polar surface area (TPSA) is 15.3 Å². The third kappa shape index (κ3) is 4.09. The second kappa shape index (κ2) is 6.22. The van der Waals surface area contributed by atoms with Crippen LogP contribution in [0.5, 0.6) is 0 Å². The van der Waals surface area contributed by atoms with Crippen molar-refractivity contribution < 1.29 is 17.6 Å². The first-order valence-electron chi connectivity index (χ1n) is 7.15. The van der Waals surface area contributed by atoms with Crippen LogP contribution in [-0.4, -0.2) is 25.2 Å². The van der Waals surface area contributed by atoms with Crippen molar-refractivity contribution >= 4 is 5.69 Å². The van der Waals surface area contributed by atoms with Gasteiger partial charge in [0.2, 0.25) is 0 Å². The second-order valence-corrected chi connectivity index (χ2v) is 5.77. The zero-order chi connectivity index (χ0) is 15.6. The molecule has 2 nitrogen and oxygen atoms in total. The van der Waals surface area contributed by atoms with Gasteiger partial charge in [-0.2, -0.15) is 13.2 Å². The van der Waals surface area contributed by atoms with Gasteiger partial charge in [0.15, 0.2) is 0 Å². The van der Waals surface area contributed by atoms with E-state index in [0.29, 0.717) is 24.8 Å². The van der Waals surface area contributed by atoms with E-state index in [1.165, 1.54) is 6.07 Å². The Morgan fingerprint density at radius 2 is 2.00 bits per heavy atom. The van der Waals surface area contributed by atoms with E-state index in [1.807, 2.05) is 18.7 Å². The van der Waals surface area contributed by atoms with E-state index >= 15 is 0 Å². The van der Waals surface area contributed by atoms with Gasteiger partial charge < -0.3 is 10.2 Å². The summed E-state index contributed by atoms with van der Waals surface area (Å²) in [7, 11) is 0. The fraction of sp³-hybridized carbons (Fsp3) is 0.600. The molecule has 2 rings (SSSR count). The summed E-state index contributed by atoms with van der Waals surface area (Å²) in [5, 5.41) is 3.40. The van der Waals surface area contributed by atoms with Crippen LogP contribution in [0.3, 0.4) is 0 Å². The van der Waals surface area contributed by atoms with E-state index in [0.717, 1.165) is 25.0 Å². The molecule has 0 bridgehead atoms. The van der Waals surface area contributed by atoms with Crippen LogP contribution in [0.25, 0.3) is 0 Å².